The Morgan fingerprint density at radius 3 is 2.16 bits per heavy atom. The SMILES string of the molecule is Cc1cc(C)nc(-n2[nH]c(C(C)(C)C)c(N)c2=O)n1. The Morgan fingerprint density at radius 1 is 1.21 bits per heavy atom. The van der Waals surface area contributed by atoms with Crippen LogP contribution in [0.15, 0.2) is 10.9 Å². The normalized spacial score (nSPS) is 11.8. The summed E-state index contributed by atoms with van der Waals surface area (Å²) in [7, 11) is 0. The van der Waals surface area contributed by atoms with Gasteiger partial charge in [-0.3, -0.25) is 9.89 Å². The van der Waals surface area contributed by atoms with Crippen LogP contribution in [0, 0.1) is 13.8 Å². The molecule has 3 N–H and O–H groups in total. The highest BCUT2D eigenvalue weighted by Crippen LogP contribution is 2.23. The second-order valence-electron chi connectivity index (χ2n) is 5.74. The highest BCUT2D eigenvalue weighted by Gasteiger charge is 2.24. The zero-order valence-electron chi connectivity index (χ0n) is 11.9. The molecule has 0 aliphatic rings. The molecule has 0 saturated heterocycles. The van der Waals surface area contributed by atoms with Gasteiger partial charge in [0.15, 0.2) is 0 Å². The van der Waals surface area contributed by atoms with Gasteiger partial charge in [0.1, 0.15) is 5.69 Å². The van der Waals surface area contributed by atoms with Gasteiger partial charge in [-0.15, -0.1) is 0 Å². The van der Waals surface area contributed by atoms with Crippen molar-refractivity contribution in [1.82, 2.24) is 19.7 Å². The minimum atomic E-state index is -0.310. The second-order valence-corrected chi connectivity index (χ2v) is 5.74. The van der Waals surface area contributed by atoms with Crippen LogP contribution in [0.5, 0.6) is 0 Å². The number of hydrogen-bond donors (Lipinski definition) is 2. The van der Waals surface area contributed by atoms with E-state index in [1.807, 2.05) is 40.7 Å². The van der Waals surface area contributed by atoms with Gasteiger partial charge in [-0.2, -0.15) is 4.68 Å². The topological polar surface area (TPSA) is 89.6 Å². The van der Waals surface area contributed by atoms with Gasteiger partial charge in [0.05, 0.1) is 5.69 Å². The molecule has 6 heteroatoms. The van der Waals surface area contributed by atoms with Crippen LogP contribution < -0.4 is 11.3 Å². The highest BCUT2D eigenvalue weighted by atomic mass is 16.1. The van der Waals surface area contributed by atoms with E-state index in [1.165, 1.54) is 4.68 Å². The first kappa shape index (κ1) is 13.3. The van der Waals surface area contributed by atoms with E-state index in [4.69, 9.17) is 5.73 Å². The van der Waals surface area contributed by atoms with Gasteiger partial charge >= 0.3 is 0 Å². The van der Waals surface area contributed by atoms with Crippen molar-refractivity contribution in [2.24, 2.45) is 0 Å². The zero-order valence-corrected chi connectivity index (χ0v) is 11.9. The van der Waals surface area contributed by atoms with E-state index < -0.39 is 0 Å². The van der Waals surface area contributed by atoms with E-state index in [-0.39, 0.29) is 16.7 Å². The fraction of sp³-hybridized carbons (Fsp3) is 0.462. The largest absolute Gasteiger partial charge is 0.393 e. The van der Waals surface area contributed by atoms with Crippen LogP contribution in [-0.4, -0.2) is 19.7 Å². The summed E-state index contributed by atoms with van der Waals surface area (Å²) in [4.78, 5) is 20.7. The third kappa shape index (κ3) is 2.38. The summed E-state index contributed by atoms with van der Waals surface area (Å²) < 4.78 is 1.30. The predicted molar refractivity (Wildman–Crippen MR) is 74.6 cm³/mol. The number of nitrogens with two attached hydrogens (primary N) is 1. The molecule has 0 amide bonds. The predicted octanol–water partition coefficient (Wildman–Crippen LogP) is 1.45. The molecular weight excluding hydrogens is 242 g/mol. The second kappa shape index (κ2) is 4.22. The molecule has 0 atom stereocenters. The van der Waals surface area contributed by atoms with Gasteiger partial charge in [-0.1, -0.05) is 20.8 Å². The van der Waals surface area contributed by atoms with Crippen molar-refractivity contribution in [3.63, 3.8) is 0 Å². The Labute approximate surface area is 111 Å². The number of nitrogens with one attached hydrogen (secondary N) is 1. The maximum Gasteiger partial charge on any atom is 0.297 e. The summed E-state index contributed by atoms with van der Waals surface area (Å²) in [5, 5.41) is 3.01. The zero-order chi connectivity index (χ0) is 14.4. The fourth-order valence-corrected chi connectivity index (χ4v) is 1.97. The van der Waals surface area contributed by atoms with Crippen molar-refractivity contribution in [2.45, 2.75) is 40.0 Å². The lowest BCUT2D eigenvalue weighted by Gasteiger charge is -2.16. The molecule has 0 bridgehead atoms. The Bertz CT molecular complexity index is 655. The Hall–Kier alpha value is -2.11. The molecular formula is C13H19N5O. The quantitative estimate of drug-likeness (QED) is 0.813. The summed E-state index contributed by atoms with van der Waals surface area (Å²) in [5.41, 5.74) is 7.85. The number of H-pyrrole nitrogens is 1. The molecule has 6 nitrogen and oxygen atoms in total. The van der Waals surface area contributed by atoms with Gasteiger partial charge in [0.25, 0.3) is 11.5 Å². The van der Waals surface area contributed by atoms with Crippen molar-refractivity contribution in [1.29, 1.82) is 0 Å². The average molecular weight is 261 g/mol. The molecule has 2 heterocycles. The molecule has 2 aromatic rings. The molecule has 0 radical (unpaired) electrons. The third-order valence-electron chi connectivity index (χ3n) is 2.85. The molecule has 2 rings (SSSR count). The number of hydrogen-bond acceptors (Lipinski definition) is 4. The number of aromatic nitrogens is 4. The van der Waals surface area contributed by atoms with Crippen LogP contribution in [0.25, 0.3) is 5.95 Å². The number of rotatable bonds is 1. The van der Waals surface area contributed by atoms with Crippen LogP contribution >= 0.6 is 0 Å². The van der Waals surface area contributed by atoms with E-state index in [9.17, 15) is 4.79 Å². The fourth-order valence-electron chi connectivity index (χ4n) is 1.97. The van der Waals surface area contributed by atoms with Gasteiger partial charge in [-0.25, -0.2) is 9.97 Å². The summed E-state index contributed by atoms with van der Waals surface area (Å²) >= 11 is 0. The maximum atomic E-state index is 12.2. The number of aryl methyl sites for hydroxylation is 2. The standard InChI is InChI=1S/C13H19N5O/c1-7-6-8(2)16-12(15-7)18-11(19)9(14)10(17-18)13(3,4)5/h6,17H,14H2,1-5H3. The minimum absolute atomic E-state index is 0.218. The smallest absolute Gasteiger partial charge is 0.297 e. The minimum Gasteiger partial charge on any atom is -0.393 e. The van der Waals surface area contributed by atoms with Gasteiger partial charge in [0, 0.05) is 16.8 Å². The lowest BCUT2D eigenvalue weighted by Crippen LogP contribution is -2.19. The summed E-state index contributed by atoms with van der Waals surface area (Å²) in [6.07, 6.45) is 0. The van der Waals surface area contributed by atoms with Crippen LogP contribution in [0.1, 0.15) is 37.9 Å². The van der Waals surface area contributed by atoms with Gasteiger partial charge < -0.3 is 5.73 Å². The number of anilines is 1. The summed E-state index contributed by atoms with van der Waals surface area (Å²) in [5.74, 6) is 0.324. The lowest BCUT2D eigenvalue weighted by molar-refractivity contribution is 0.559. The van der Waals surface area contributed by atoms with Crippen LogP contribution in [0.2, 0.25) is 0 Å². The summed E-state index contributed by atoms with van der Waals surface area (Å²) in [6.45, 7) is 9.68. The van der Waals surface area contributed by atoms with Crippen LogP contribution in [-0.2, 0) is 5.41 Å². The number of nitrogens with zero attached hydrogens (tertiary/aromatic N) is 3. The molecule has 0 aliphatic heterocycles. The molecule has 0 fully saturated rings. The molecule has 2 aromatic heterocycles. The van der Waals surface area contributed by atoms with Crippen LogP contribution in [0.4, 0.5) is 5.69 Å². The molecule has 19 heavy (non-hydrogen) atoms. The van der Waals surface area contributed by atoms with E-state index in [2.05, 4.69) is 15.1 Å². The molecule has 102 valence electrons. The first-order chi connectivity index (χ1) is 8.70. The lowest BCUT2D eigenvalue weighted by atomic mass is 9.91. The summed E-state index contributed by atoms with van der Waals surface area (Å²) in [6, 6.07) is 1.85. The van der Waals surface area contributed by atoms with E-state index in [0.29, 0.717) is 11.6 Å². The van der Waals surface area contributed by atoms with Crippen LogP contribution in [0.3, 0.4) is 0 Å². The van der Waals surface area contributed by atoms with E-state index >= 15 is 0 Å². The monoisotopic (exact) mass is 261 g/mol. The van der Waals surface area contributed by atoms with Gasteiger partial charge in [0.2, 0.25) is 0 Å². The van der Waals surface area contributed by atoms with E-state index in [0.717, 1.165) is 11.4 Å². The highest BCUT2D eigenvalue weighted by molar-refractivity contribution is 5.45. The number of aromatic amines is 1. The molecule has 0 aliphatic carbocycles. The molecule has 0 unspecified atom stereocenters. The average Bonchev–Trinajstić information content (AvgIpc) is 2.54. The van der Waals surface area contributed by atoms with Crippen molar-refractivity contribution in [3.8, 4) is 5.95 Å². The van der Waals surface area contributed by atoms with Crippen molar-refractivity contribution >= 4 is 5.69 Å². The first-order valence-electron chi connectivity index (χ1n) is 6.14. The van der Waals surface area contributed by atoms with E-state index in [1.54, 1.807) is 0 Å². The Morgan fingerprint density at radius 2 is 1.74 bits per heavy atom. The van der Waals surface area contributed by atoms with Crippen molar-refractivity contribution in [3.05, 3.63) is 33.5 Å². The third-order valence-corrected chi connectivity index (χ3v) is 2.85. The Kier molecular flexibility index (Phi) is 2.96. The van der Waals surface area contributed by atoms with Crippen molar-refractivity contribution < 1.29 is 0 Å². The molecule has 0 spiro atoms. The molecule has 0 aromatic carbocycles. The van der Waals surface area contributed by atoms with Gasteiger partial charge in [-0.05, 0) is 19.9 Å². The number of nitrogen functional groups attached to an aromatic ring is 1. The first-order valence-corrected chi connectivity index (χ1v) is 6.14. The van der Waals surface area contributed by atoms with Crippen molar-refractivity contribution in [2.75, 3.05) is 5.73 Å². The molecule has 0 saturated carbocycles. The Balaban J connectivity index is 2.67. The maximum absolute atomic E-state index is 12.2.